The molecule has 14 heavy (non-hydrogen) atoms. The van der Waals surface area contributed by atoms with E-state index in [-0.39, 0.29) is 13.0 Å². The molecular weight excluding hydrogens is 206 g/mol. The Balaban J connectivity index is 2.35. The van der Waals surface area contributed by atoms with E-state index in [2.05, 4.69) is 4.84 Å². The van der Waals surface area contributed by atoms with Crippen molar-refractivity contribution in [2.24, 2.45) is 0 Å². The highest BCUT2D eigenvalue weighted by Gasteiger charge is 2.10. The van der Waals surface area contributed by atoms with Crippen molar-refractivity contribution in [1.29, 1.82) is 0 Å². The fraction of sp³-hybridized carbons (Fsp3) is 0.500. The average Bonchev–Trinajstić information content (AvgIpc) is 2.51. The summed E-state index contributed by atoms with van der Waals surface area (Å²) in [5, 5.41) is 18.5. The lowest BCUT2D eigenvalue weighted by molar-refractivity contribution is -0.758. The minimum atomic E-state index is -0.855. The molecule has 1 rings (SSSR count). The molecule has 0 saturated heterocycles. The van der Waals surface area contributed by atoms with Crippen LogP contribution in [0.4, 0.5) is 0 Å². The predicted octanol–water partition coefficient (Wildman–Crippen LogP) is 1.69. The van der Waals surface area contributed by atoms with Crippen LogP contribution in [0.5, 0.6) is 0 Å². The molecule has 0 bridgehead atoms. The molecule has 1 aromatic rings. The number of aliphatic hydroxyl groups is 1. The Labute approximate surface area is 85.0 Å². The number of hydrogen-bond acceptors (Lipinski definition) is 5. The van der Waals surface area contributed by atoms with Gasteiger partial charge >= 0.3 is 0 Å². The van der Waals surface area contributed by atoms with E-state index >= 15 is 0 Å². The molecule has 1 atom stereocenters. The van der Waals surface area contributed by atoms with Gasteiger partial charge in [-0.15, -0.1) is 21.5 Å². The lowest BCUT2D eigenvalue weighted by Crippen LogP contribution is -2.06. The Hall–Kier alpha value is -1.14. The zero-order valence-corrected chi connectivity index (χ0v) is 8.49. The van der Waals surface area contributed by atoms with Crippen LogP contribution in [-0.2, 0) is 4.84 Å². The summed E-state index contributed by atoms with van der Waals surface area (Å²) in [6, 6.07) is 3.72. The summed E-state index contributed by atoms with van der Waals surface area (Å²) >= 11 is 1.48. The van der Waals surface area contributed by atoms with Crippen LogP contribution in [0.3, 0.4) is 0 Å². The van der Waals surface area contributed by atoms with Gasteiger partial charge in [0.25, 0.3) is 5.09 Å². The van der Waals surface area contributed by atoms with E-state index in [1.165, 1.54) is 11.3 Å². The van der Waals surface area contributed by atoms with Gasteiger partial charge in [-0.05, 0) is 19.1 Å². The van der Waals surface area contributed by atoms with Crippen LogP contribution in [0, 0.1) is 17.0 Å². The van der Waals surface area contributed by atoms with Gasteiger partial charge in [0, 0.05) is 16.2 Å². The van der Waals surface area contributed by atoms with Gasteiger partial charge in [0.1, 0.15) is 0 Å². The lowest BCUT2D eigenvalue weighted by atomic mass is 10.2. The molecule has 1 N–H and O–H groups in total. The van der Waals surface area contributed by atoms with Crippen LogP contribution in [0.2, 0.25) is 0 Å². The maximum Gasteiger partial charge on any atom is 0.294 e. The van der Waals surface area contributed by atoms with E-state index in [0.29, 0.717) is 0 Å². The van der Waals surface area contributed by atoms with Crippen LogP contribution in [-0.4, -0.2) is 16.8 Å². The summed E-state index contributed by atoms with van der Waals surface area (Å²) in [5.74, 6) is 0. The number of hydrogen-bond donors (Lipinski definition) is 1. The molecule has 0 aromatic carbocycles. The normalized spacial score (nSPS) is 12.4. The Morgan fingerprint density at radius 2 is 2.43 bits per heavy atom. The lowest BCUT2D eigenvalue weighted by Gasteiger charge is -2.06. The highest BCUT2D eigenvalue weighted by Crippen LogP contribution is 2.24. The molecule has 0 saturated carbocycles. The minimum Gasteiger partial charge on any atom is -0.388 e. The minimum absolute atomic E-state index is 0.0783. The number of nitrogens with zero attached hydrogens (tertiary/aromatic N) is 1. The Morgan fingerprint density at radius 1 is 1.71 bits per heavy atom. The SMILES string of the molecule is Cc1ccc(C(O)CCO[N+](=O)[O-])s1. The number of rotatable bonds is 5. The standard InChI is InChI=1S/C8H11NO4S/c1-6-2-3-8(14-6)7(10)4-5-13-9(11)12/h2-3,7,10H,4-5H2,1H3. The second-order valence-electron chi connectivity index (χ2n) is 2.81. The van der Waals surface area contributed by atoms with E-state index in [1.54, 1.807) is 0 Å². The fourth-order valence-corrected chi connectivity index (χ4v) is 1.91. The maximum absolute atomic E-state index is 9.83. The van der Waals surface area contributed by atoms with E-state index in [1.807, 2.05) is 19.1 Å². The van der Waals surface area contributed by atoms with Gasteiger partial charge < -0.3 is 9.94 Å². The third-order valence-corrected chi connectivity index (χ3v) is 2.78. The second-order valence-corrected chi connectivity index (χ2v) is 4.13. The number of aliphatic hydroxyl groups excluding tert-OH is 1. The molecule has 1 unspecified atom stereocenters. The van der Waals surface area contributed by atoms with Gasteiger partial charge in [-0.1, -0.05) is 0 Å². The first-order valence-electron chi connectivity index (χ1n) is 4.11. The fourth-order valence-electron chi connectivity index (χ4n) is 1.01. The Kier molecular flexibility index (Phi) is 3.84. The van der Waals surface area contributed by atoms with Crippen LogP contribution in [0.15, 0.2) is 12.1 Å². The summed E-state index contributed by atoms with van der Waals surface area (Å²) in [6.45, 7) is 1.86. The molecule has 1 heterocycles. The van der Waals surface area contributed by atoms with Crippen LogP contribution >= 0.6 is 11.3 Å². The van der Waals surface area contributed by atoms with Crippen molar-refractivity contribution in [3.63, 3.8) is 0 Å². The molecule has 6 heteroatoms. The quantitative estimate of drug-likeness (QED) is 0.601. The van der Waals surface area contributed by atoms with Crippen LogP contribution in [0.25, 0.3) is 0 Å². The first-order chi connectivity index (χ1) is 6.59. The summed E-state index contributed by atoms with van der Waals surface area (Å²) in [5.41, 5.74) is 0. The average molecular weight is 217 g/mol. The van der Waals surface area contributed by atoms with Gasteiger partial charge in [0.05, 0.1) is 12.7 Å². The third kappa shape index (κ3) is 3.31. The molecule has 0 aliphatic carbocycles. The first kappa shape index (κ1) is 10.9. The Bertz CT molecular complexity index is 312. The van der Waals surface area contributed by atoms with Gasteiger partial charge in [-0.25, -0.2) is 0 Å². The molecule has 0 spiro atoms. The summed E-state index contributed by atoms with van der Waals surface area (Å²) in [6.07, 6.45) is -0.436. The highest BCUT2D eigenvalue weighted by atomic mass is 32.1. The van der Waals surface area contributed by atoms with Crippen molar-refractivity contribution in [2.75, 3.05) is 6.61 Å². The van der Waals surface area contributed by atoms with E-state index < -0.39 is 11.2 Å². The highest BCUT2D eigenvalue weighted by molar-refractivity contribution is 7.11. The maximum atomic E-state index is 9.83. The zero-order chi connectivity index (χ0) is 10.6. The smallest absolute Gasteiger partial charge is 0.294 e. The van der Waals surface area contributed by atoms with E-state index in [9.17, 15) is 15.2 Å². The monoisotopic (exact) mass is 217 g/mol. The topological polar surface area (TPSA) is 72.6 Å². The molecular formula is C8H11NO4S. The van der Waals surface area contributed by atoms with Crippen molar-refractivity contribution in [1.82, 2.24) is 0 Å². The van der Waals surface area contributed by atoms with Gasteiger partial charge in [-0.2, -0.15) is 0 Å². The number of aryl methyl sites for hydroxylation is 1. The molecule has 5 nitrogen and oxygen atoms in total. The molecule has 0 aliphatic rings. The molecule has 0 radical (unpaired) electrons. The van der Waals surface area contributed by atoms with Crippen LogP contribution in [0.1, 0.15) is 22.3 Å². The largest absolute Gasteiger partial charge is 0.388 e. The summed E-state index contributed by atoms with van der Waals surface area (Å²) < 4.78 is 0. The molecule has 0 amide bonds. The van der Waals surface area contributed by atoms with Crippen LogP contribution < -0.4 is 0 Å². The molecule has 78 valence electrons. The van der Waals surface area contributed by atoms with Crippen molar-refractivity contribution in [2.45, 2.75) is 19.4 Å². The third-order valence-electron chi connectivity index (χ3n) is 1.68. The van der Waals surface area contributed by atoms with E-state index in [0.717, 1.165) is 9.75 Å². The van der Waals surface area contributed by atoms with Crippen molar-refractivity contribution >= 4 is 11.3 Å². The van der Waals surface area contributed by atoms with Gasteiger partial charge in [-0.3, -0.25) is 0 Å². The van der Waals surface area contributed by atoms with Crippen molar-refractivity contribution < 1.29 is 15.0 Å². The second kappa shape index (κ2) is 4.92. The first-order valence-corrected chi connectivity index (χ1v) is 4.93. The van der Waals surface area contributed by atoms with Gasteiger partial charge in [0.2, 0.25) is 0 Å². The molecule has 0 fully saturated rings. The van der Waals surface area contributed by atoms with Crippen molar-refractivity contribution in [3.8, 4) is 0 Å². The van der Waals surface area contributed by atoms with Crippen molar-refractivity contribution in [3.05, 3.63) is 32.0 Å². The molecule has 1 aromatic heterocycles. The zero-order valence-electron chi connectivity index (χ0n) is 7.67. The Morgan fingerprint density at radius 3 is 2.93 bits per heavy atom. The summed E-state index contributed by atoms with van der Waals surface area (Å²) in [7, 11) is 0. The predicted molar refractivity (Wildman–Crippen MR) is 51.6 cm³/mol. The van der Waals surface area contributed by atoms with Gasteiger partial charge in [0.15, 0.2) is 0 Å². The molecule has 0 aliphatic heterocycles. The summed E-state index contributed by atoms with van der Waals surface area (Å²) in [4.78, 5) is 15.9. The number of thiophene rings is 1. The van der Waals surface area contributed by atoms with E-state index in [4.69, 9.17) is 0 Å².